The number of rotatable bonds is 8. The highest BCUT2D eigenvalue weighted by atomic mass is 35.5. The number of carbonyl (C=O) groups excluding carboxylic acids is 4. The van der Waals surface area contributed by atoms with Crippen LogP contribution in [0.15, 0.2) is 49.1 Å². The van der Waals surface area contributed by atoms with Gasteiger partial charge >= 0.3 is 12.3 Å². The molecule has 0 spiro atoms. The molecule has 6 heterocycles. The van der Waals surface area contributed by atoms with Crippen LogP contribution in [-0.4, -0.2) is 137 Å². The molecule has 1 aromatic carbocycles. The van der Waals surface area contributed by atoms with Gasteiger partial charge in [-0.25, -0.2) is 24.4 Å². The van der Waals surface area contributed by atoms with Gasteiger partial charge < -0.3 is 34.2 Å². The zero-order valence-electron chi connectivity index (χ0n) is 33.1. The van der Waals surface area contributed by atoms with Gasteiger partial charge in [0.25, 0.3) is 11.8 Å². The lowest BCUT2D eigenvalue weighted by Crippen LogP contribution is -2.56. The molecule has 3 aliphatic rings. The number of aromatic nitrogens is 6. The quantitative estimate of drug-likeness (QED) is 0.260. The van der Waals surface area contributed by atoms with Gasteiger partial charge in [0.2, 0.25) is 11.9 Å². The lowest BCUT2D eigenvalue weighted by Gasteiger charge is -2.43. The Kier molecular flexibility index (Phi) is 11.7. The molecule has 0 unspecified atom stereocenters. The predicted octanol–water partition coefficient (Wildman–Crippen LogP) is 4.85. The second-order valence-corrected chi connectivity index (χ2v) is 16.4. The number of piperidine rings is 1. The third-order valence-corrected chi connectivity index (χ3v) is 10.9. The normalized spacial score (nSPS) is 17.2. The molecule has 3 aliphatic heterocycles. The lowest BCUT2D eigenvalue weighted by atomic mass is 9.93. The van der Waals surface area contributed by atoms with Crippen LogP contribution < -0.4 is 5.32 Å². The SMILES string of the molecule is Cn1c(-c2cn(-c3ncccn3)nc2C(F)(F)F)cnc1C(=O)Nc1ccc(C(=O)N2CCN(C(=O)C3CCN(CC4CN(C(=O)OC(C)(C)C)C4)CC3)CC2)c(Cl)c1. The Balaban J connectivity index is 0.891. The molecule has 59 heavy (non-hydrogen) atoms. The number of halogens is 4. The molecule has 16 nitrogen and oxygen atoms in total. The van der Waals surface area contributed by atoms with Gasteiger partial charge in [-0.1, -0.05) is 11.6 Å². The number of nitrogens with one attached hydrogen (secondary N) is 1. The van der Waals surface area contributed by atoms with E-state index < -0.39 is 23.4 Å². The molecule has 4 amide bonds. The molecule has 0 atom stereocenters. The summed E-state index contributed by atoms with van der Waals surface area (Å²) in [5, 5.41) is 6.39. The highest BCUT2D eigenvalue weighted by molar-refractivity contribution is 6.34. The number of hydrogen-bond donors (Lipinski definition) is 1. The Morgan fingerprint density at radius 2 is 1.58 bits per heavy atom. The van der Waals surface area contributed by atoms with Crippen LogP contribution in [0.5, 0.6) is 0 Å². The number of carbonyl (C=O) groups is 4. The summed E-state index contributed by atoms with van der Waals surface area (Å²) < 4.78 is 49.6. The maximum atomic E-state index is 14.0. The molecule has 0 radical (unpaired) electrons. The number of piperazine rings is 1. The second kappa shape index (κ2) is 16.6. The smallest absolute Gasteiger partial charge is 0.435 e. The second-order valence-electron chi connectivity index (χ2n) is 16.0. The van der Waals surface area contributed by atoms with E-state index in [9.17, 15) is 32.3 Å². The van der Waals surface area contributed by atoms with Gasteiger partial charge in [0.05, 0.1) is 28.0 Å². The third-order valence-electron chi connectivity index (χ3n) is 10.6. The van der Waals surface area contributed by atoms with E-state index in [1.165, 1.54) is 48.3 Å². The number of alkyl halides is 3. The third kappa shape index (κ3) is 9.35. The zero-order chi connectivity index (χ0) is 42.2. The Morgan fingerprint density at radius 3 is 2.20 bits per heavy atom. The van der Waals surface area contributed by atoms with Gasteiger partial charge in [0.1, 0.15) is 5.60 Å². The molecule has 0 aliphatic carbocycles. The standard InChI is InChI=1S/C39H45ClF3N11O5/c1-38(2,3)59-37(58)53-21-24(22-53)20-50-12-8-25(9-13-50)34(56)51-14-16-52(17-15-51)35(57)27-7-6-26(18-29(27)40)47-33(55)32-46-19-30(49(32)4)28-23-54(36-44-10-5-11-45-36)48-31(28)39(41,42)43/h5-7,10-11,18-19,23-25H,8-9,12-17,20-22H2,1-4H3,(H,47,55). The van der Waals surface area contributed by atoms with Crippen LogP contribution in [0.1, 0.15) is 60.3 Å². The van der Waals surface area contributed by atoms with Crippen molar-refractivity contribution in [3.8, 4) is 17.2 Å². The zero-order valence-corrected chi connectivity index (χ0v) is 33.8. The summed E-state index contributed by atoms with van der Waals surface area (Å²) in [7, 11) is 1.40. The number of imidazole rings is 1. The van der Waals surface area contributed by atoms with Crippen molar-refractivity contribution in [2.45, 2.75) is 45.4 Å². The van der Waals surface area contributed by atoms with E-state index in [4.69, 9.17) is 16.3 Å². The van der Waals surface area contributed by atoms with Crippen LogP contribution in [0.25, 0.3) is 17.2 Å². The fourth-order valence-corrected chi connectivity index (χ4v) is 7.82. The van der Waals surface area contributed by atoms with Gasteiger partial charge in [-0.05, 0) is 71.0 Å². The first-order chi connectivity index (χ1) is 27.9. The topological polar surface area (TPSA) is 164 Å². The molecule has 4 aromatic rings. The molecule has 0 saturated carbocycles. The Bertz CT molecular complexity index is 2200. The van der Waals surface area contributed by atoms with Crippen molar-refractivity contribution in [1.29, 1.82) is 0 Å². The summed E-state index contributed by atoms with van der Waals surface area (Å²) in [4.78, 5) is 72.0. The van der Waals surface area contributed by atoms with Gasteiger partial charge in [0, 0.05) is 89.0 Å². The van der Waals surface area contributed by atoms with Crippen LogP contribution in [-0.2, 0) is 22.8 Å². The van der Waals surface area contributed by atoms with Crippen molar-refractivity contribution in [2.24, 2.45) is 18.9 Å². The first-order valence-electron chi connectivity index (χ1n) is 19.3. The average molecular weight is 840 g/mol. The van der Waals surface area contributed by atoms with Crippen molar-refractivity contribution >= 4 is 41.1 Å². The van der Waals surface area contributed by atoms with Crippen LogP contribution in [0.4, 0.5) is 23.7 Å². The minimum atomic E-state index is -4.82. The van der Waals surface area contributed by atoms with Crippen LogP contribution >= 0.6 is 11.6 Å². The van der Waals surface area contributed by atoms with Crippen molar-refractivity contribution in [3.05, 3.63) is 71.2 Å². The predicted molar refractivity (Wildman–Crippen MR) is 209 cm³/mol. The summed E-state index contributed by atoms with van der Waals surface area (Å²) >= 11 is 6.55. The molecule has 0 bridgehead atoms. The van der Waals surface area contributed by atoms with E-state index in [0.29, 0.717) is 45.2 Å². The van der Waals surface area contributed by atoms with Crippen molar-refractivity contribution in [1.82, 2.24) is 48.9 Å². The Labute approximate surface area is 343 Å². The van der Waals surface area contributed by atoms with Crippen molar-refractivity contribution < 1.29 is 37.1 Å². The number of benzene rings is 1. The summed E-state index contributed by atoms with van der Waals surface area (Å²) in [6, 6.07) is 5.92. The van der Waals surface area contributed by atoms with Gasteiger partial charge in [-0.2, -0.15) is 18.3 Å². The van der Waals surface area contributed by atoms with Gasteiger partial charge in [-0.3, -0.25) is 14.4 Å². The molecule has 3 fully saturated rings. The number of ether oxygens (including phenoxy) is 1. The van der Waals surface area contributed by atoms with E-state index in [1.807, 2.05) is 25.7 Å². The van der Waals surface area contributed by atoms with E-state index in [-0.39, 0.29) is 63.1 Å². The molecular formula is C39H45ClF3N11O5. The fraction of sp³-hybridized carbons (Fsp3) is 0.487. The molecule has 20 heteroatoms. The van der Waals surface area contributed by atoms with E-state index in [0.717, 1.165) is 49.6 Å². The summed E-state index contributed by atoms with van der Waals surface area (Å²) in [6.45, 7) is 10.9. The number of likely N-dealkylation sites (tertiary alicyclic amines) is 2. The highest BCUT2D eigenvalue weighted by Crippen LogP contribution is 2.37. The van der Waals surface area contributed by atoms with Gasteiger partial charge in [-0.15, -0.1) is 0 Å². The summed E-state index contributed by atoms with van der Waals surface area (Å²) in [5.41, 5.74) is -1.61. The van der Waals surface area contributed by atoms with E-state index in [2.05, 4.69) is 30.3 Å². The Hall–Kier alpha value is -5.56. The largest absolute Gasteiger partial charge is 0.444 e. The van der Waals surface area contributed by atoms with Gasteiger partial charge in [0.15, 0.2) is 11.5 Å². The summed E-state index contributed by atoms with van der Waals surface area (Å²) in [6.07, 6.45) is 1.43. The van der Waals surface area contributed by atoms with Crippen molar-refractivity contribution in [3.63, 3.8) is 0 Å². The average Bonchev–Trinajstić information content (AvgIpc) is 3.80. The minimum Gasteiger partial charge on any atom is -0.444 e. The summed E-state index contributed by atoms with van der Waals surface area (Å²) in [5.74, 6) is -0.872. The number of amides is 4. The fourth-order valence-electron chi connectivity index (χ4n) is 7.55. The minimum absolute atomic E-state index is 0.0224. The highest BCUT2D eigenvalue weighted by Gasteiger charge is 2.40. The maximum Gasteiger partial charge on any atom is 0.435 e. The van der Waals surface area contributed by atoms with E-state index >= 15 is 0 Å². The van der Waals surface area contributed by atoms with Crippen LogP contribution in [0.3, 0.4) is 0 Å². The van der Waals surface area contributed by atoms with Crippen molar-refractivity contribution in [2.75, 3.05) is 64.2 Å². The molecule has 7 rings (SSSR count). The number of nitrogens with zero attached hydrogens (tertiary/aromatic N) is 10. The number of hydrogen-bond acceptors (Lipinski definition) is 10. The molecule has 314 valence electrons. The van der Waals surface area contributed by atoms with E-state index in [1.54, 1.807) is 9.80 Å². The monoisotopic (exact) mass is 839 g/mol. The maximum absolute atomic E-state index is 14.0. The molecule has 3 saturated heterocycles. The Morgan fingerprint density at radius 1 is 0.915 bits per heavy atom. The molecule has 1 N–H and O–H groups in total. The van der Waals surface area contributed by atoms with Crippen LogP contribution in [0.2, 0.25) is 5.02 Å². The van der Waals surface area contributed by atoms with Crippen LogP contribution in [0, 0.1) is 11.8 Å². The first-order valence-corrected chi connectivity index (χ1v) is 19.7. The molecular weight excluding hydrogens is 795 g/mol. The number of anilines is 1. The molecule has 3 aromatic heterocycles. The lowest BCUT2D eigenvalue weighted by molar-refractivity contribution is -0.141. The first kappa shape index (κ1) is 41.6.